The molecule has 1 nitrogen and oxygen atoms in total. The van der Waals surface area contributed by atoms with Gasteiger partial charge >= 0.3 is 0 Å². The average molecular weight is 876 g/mol. The van der Waals surface area contributed by atoms with E-state index in [2.05, 4.69) is 283 Å². The van der Waals surface area contributed by atoms with E-state index in [1.165, 1.54) is 88.7 Å². The molecule has 1 aliphatic carbocycles. The number of hydrogen-bond acceptors (Lipinski definition) is 1. The van der Waals surface area contributed by atoms with E-state index >= 15 is 0 Å². The minimum absolute atomic E-state index is 0.0590. The van der Waals surface area contributed by atoms with Gasteiger partial charge < -0.3 is 4.90 Å². The molecule has 0 aromatic heterocycles. The van der Waals surface area contributed by atoms with E-state index < -0.39 is 5.41 Å². The highest BCUT2D eigenvalue weighted by molar-refractivity contribution is 5.98. The Morgan fingerprint density at radius 1 is 0.309 bits per heavy atom. The molecule has 0 unspecified atom stereocenters. The van der Waals surface area contributed by atoms with E-state index in [4.69, 9.17) is 0 Å². The second-order valence-electron chi connectivity index (χ2n) is 20.6. The van der Waals surface area contributed by atoms with E-state index in [0.29, 0.717) is 0 Å². The van der Waals surface area contributed by atoms with Gasteiger partial charge in [-0.1, -0.05) is 230 Å². The molecule has 11 rings (SSSR count). The van der Waals surface area contributed by atoms with Crippen LogP contribution in [0.3, 0.4) is 0 Å². The third-order valence-corrected chi connectivity index (χ3v) is 14.2. The van der Waals surface area contributed by atoms with E-state index in [1.54, 1.807) is 0 Å². The number of para-hydroxylation sites is 1. The Balaban J connectivity index is 1.17. The Bertz CT molecular complexity index is 3390. The van der Waals surface area contributed by atoms with Crippen LogP contribution in [0.2, 0.25) is 0 Å². The topological polar surface area (TPSA) is 3.24 Å². The Morgan fingerprint density at radius 3 is 1.46 bits per heavy atom. The number of fused-ring (bicyclic) bond motifs is 4. The summed E-state index contributed by atoms with van der Waals surface area (Å²) in [5.74, 6) is 0. The van der Waals surface area contributed by atoms with Crippen LogP contribution in [0, 0.1) is 0 Å². The lowest BCUT2D eigenvalue weighted by Crippen LogP contribution is -2.30. The quantitative estimate of drug-likeness (QED) is 0.147. The predicted molar refractivity (Wildman–Crippen MR) is 290 cm³/mol. The summed E-state index contributed by atoms with van der Waals surface area (Å²) in [6.45, 7) is 14.0. The fourth-order valence-electron chi connectivity index (χ4n) is 10.7. The summed E-state index contributed by atoms with van der Waals surface area (Å²) in [6.07, 6.45) is 0. The van der Waals surface area contributed by atoms with Crippen molar-refractivity contribution in [2.24, 2.45) is 0 Å². The molecule has 0 atom stereocenters. The van der Waals surface area contributed by atoms with Gasteiger partial charge in [0, 0.05) is 17.1 Å². The molecule has 0 radical (unpaired) electrons. The van der Waals surface area contributed by atoms with Crippen LogP contribution in [0.1, 0.15) is 74.9 Å². The summed E-state index contributed by atoms with van der Waals surface area (Å²) in [4.78, 5) is 2.42. The van der Waals surface area contributed by atoms with Crippen LogP contribution in [0.4, 0.5) is 17.1 Å². The lowest BCUT2D eigenvalue weighted by molar-refractivity contribution is 0.585. The van der Waals surface area contributed by atoms with Gasteiger partial charge in [-0.25, -0.2) is 0 Å². The van der Waals surface area contributed by atoms with Crippen molar-refractivity contribution >= 4 is 27.8 Å². The first-order valence-corrected chi connectivity index (χ1v) is 24.1. The van der Waals surface area contributed by atoms with Crippen LogP contribution in [0.15, 0.2) is 237 Å². The predicted octanol–water partition coefficient (Wildman–Crippen LogP) is 18.3. The number of rotatable bonds is 8. The summed E-state index contributed by atoms with van der Waals surface area (Å²) >= 11 is 0. The zero-order chi connectivity index (χ0) is 46.6. The lowest BCUT2D eigenvalue weighted by atomic mass is 9.65. The van der Waals surface area contributed by atoms with Crippen LogP contribution < -0.4 is 4.90 Å². The zero-order valence-corrected chi connectivity index (χ0v) is 40.0. The first kappa shape index (κ1) is 42.9. The maximum atomic E-state index is 2.52. The maximum absolute atomic E-state index is 2.52. The average Bonchev–Trinajstić information content (AvgIpc) is 3.66. The molecule has 68 heavy (non-hydrogen) atoms. The first-order valence-electron chi connectivity index (χ1n) is 24.1. The van der Waals surface area contributed by atoms with Gasteiger partial charge in [0.05, 0.1) is 5.41 Å². The number of nitrogens with zero attached hydrogens (tertiary/aromatic N) is 1. The molecule has 1 heteroatoms. The minimum Gasteiger partial charge on any atom is -0.310 e. The monoisotopic (exact) mass is 875 g/mol. The van der Waals surface area contributed by atoms with Crippen LogP contribution >= 0.6 is 0 Å². The molecule has 0 bridgehead atoms. The van der Waals surface area contributed by atoms with Gasteiger partial charge in [0.1, 0.15) is 0 Å². The summed E-state index contributed by atoms with van der Waals surface area (Å²) < 4.78 is 0. The standard InChI is InChI=1S/C67H57N/c1-65(2,3)52-25-17-27-54(43-52)67(55-28-18-26-53(44-55)66(4,5)6)63-42-50(49-23-15-24-51(41-49)60-32-16-22-48-21-13-14-31-59(48)60)35-39-61(63)62-40-38-58(45-64(62)67)68(56-29-11-8-12-30-56)57-36-33-47(34-37-57)46-19-9-7-10-20-46/h7-45H,1-6H3. The van der Waals surface area contributed by atoms with Gasteiger partial charge in [-0.05, 0) is 148 Å². The van der Waals surface area contributed by atoms with Crippen molar-refractivity contribution in [2.45, 2.75) is 57.8 Å². The molecule has 0 aliphatic heterocycles. The van der Waals surface area contributed by atoms with Gasteiger partial charge in [0.25, 0.3) is 0 Å². The van der Waals surface area contributed by atoms with Gasteiger partial charge in [0.2, 0.25) is 0 Å². The van der Waals surface area contributed by atoms with Gasteiger partial charge in [-0.2, -0.15) is 0 Å². The highest BCUT2D eigenvalue weighted by Gasteiger charge is 2.47. The Labute approximate surface area is 403 Å². The normalized spacial score (nSPS) is 13.0. The van der Waals surface area contributed by atoms with E-state index in [-0.39, 0.29) is 10.8 Å². The van der Waals surface area contributed by atoms with Crippen molar-refractivity contribution < 1.29 is 0 Å². The van der Waals surface area contributed by atoms with Gasteiger partial charge in [-0.3, -0.25) is 0 Å². The fraction of sp³-hybridized carbons (Fsp3) is 0.134. The molecule has 0 heterocycles. The van der Waals surface area contributed by atoms with Crippen LogP contribution in [-0.2, 0) is 16.2 Å². The smallest absolute Gasteiger partial charge is 0.0714 e. The second-order valence-corrected chi connectivity index (χ2v) is 20.6. The molecule has 0 N–H and O–H groups in total. The van der Waals surface area contributed by atoms with Gasteiger partial charge in [0.15, 0.2) is 0 Å². The van der Waals surface area contributed by atoms with Crippen molar-refractivity contribution in [3.05, 3.63) is 270 Å². The van der Waals surface area contributed by atoms with Crippen molar-refractivity contribution in [3.63, 3.8) is 0 Å². The zero-order valence-electron chi connectivity index (χ0n) is 40.0. The number of benzene rings is 10. The second kappa shape index (κ2) is 16.8. The van der Waals surface area contributed by atoms with Crippen LogP contribution in [-0.4, -0.2) is 0 Å². The van der Waals surface area contributed by atoms with Crippen molar-refractivity contribution in [1.82, 2.24) is 0 Å². The third kappa shape index (κ3) is 7.53. The highest BCUT2D eigenvalue weighted by Crippen LogP contribution is 2.59. The molecule has 0 fully saturated rings. The molecule has 10 aromatic rings. The van der Waals surface area contributed by atoms with Gasteiger partial charge in [-0.15, -0.1) is 0 Å². The Morgan fingerprint density at radius 2 is 0.779 bits per heavy atom. The summed E-state index contributed by atoms with van der Waals surface area (Å²) in [6, 6.07) is 88.4. The molecule has 0 saturated heterocycles. The van der Waals surface area contributed by atoms with Crippen LogP contribution in [0.5, 0.6) is 0 Å². The van der Waals surface area contributed by atoms with Crippen LogP contribution in [0.25, 0.3) is 55.3 Å². The molecule has 330 valence electrons. The molecule has 1 aliphatic rings. The summed E-state index contributed by atoms with van der Waals surface area (Å²) in [7, 11) is 0. The summed E-state index contributed by atoms with van der Waals surface area (Å²) in [5, 5.41) is 2.51. The van der Waals surface area contributed by atoms with E-state index in [0.717, 1.165) is 17.1 Å². The van der Waals surface area contributed by atoms with Crippen molar-refractivity contribution in [3.8, 4) is 44.5 Å². The Kier molecular flexibility index (Phi) is 10.6. The first-order chi connectivity index (χ1) is 33.0. The molecule has 0 spiro atoms. The number of hydrogen-bond donors (Lipinski definition) is 0. The number of anilines is 3. The lowest BCUT2D eigenvalue weighted by Gasteiger charge is -2.37. The van der Waals surface area contributed by atoms with Crippen molar-refractivity contribution in [2.75, 3.05) is 4.90 Å². The summed E-state index contributed by atoms with van der Waals surface area (Å²) in [5.41, 5.74) is 20.1. The SMILES string of the molecule is CC(C)(C)c1cccc(C2(c3cccc(C(C)(C)C)c3)c3cc(-c4cccc(-c5cccc6ccccc56)c4)ccc3-c3ccc(N(c4ccccc4)c4ccc(-c5ccccc5)cc4)cc32)c1. The molecule has 10 aromatic carbocycles. The molecule has 0 amide bonds. The Hall–Kier alpha value is -7.74. The minimum atomic E-state index is -0.661. The van der Waals surface area contributed by atoms with Crippen molar-refractivity contribution in [1.29, 1.82) is 0 Å². The molecular formula is C67H57N. The van der Waals surface area contributed by atoms with E-state index in [9.17, 15) is 0 Å². The largest absolute Gasteiger partial charge is 0.310 e. The van der Waals surface area contributed by atoms with E-state index in [1.807, 2.05) is 0 Å². The molecule has 0 saturated carbocycles. The third-order valence-electron chi connectivity index (χ3n) is 14.2. The highest BCUT2D eigenvalue weighted by atomic mass is 15.1. The maximum Gasteiger partial charge on any atom is 0.0714 e. The molecular weight excluding hydrogens is 819 g/mol. The fourth-order valence-corrected chi connectivity index (χ4v) is 10.7.